The summed E-state index contributed by atoms with van der Waals surface area (Å²) >= 11 is 0. The highest BCUT2D eigenvalue weighted by Crippen LogP contribution is 2.69. The number of nitrogens with zero attached hydrogens (tertiary/aromatic N) is 1. The van der Waals surface area contributed by atoms with Crippen LogP contribution in [0.1, 0.15) is 53.6 Å². The van der Waals surface area contributed by atoms with Gasteiger partial charge in [0.2, 0.25) is 5.91 Å². The minimum atomic E-state index is -0.287. The van der Waals surface area contributed by atoms with E-state index in [9.17, 15) is 4.79 Å². The van der Waals surface area contributed by atoms with Gasteiger partial charge in [-0.15, -0.1) is 0 Å². The van der Waals surface area contributed by atoms with Gasteiger partial charge in [0, 0.05) is 29.0 Å². The Morgan fingerprint density at radius 3 is 3.00 bits per heavy atom. The highest BCUT2D eigenvalue weighted by molar-refractivity contribution is 5.93. The van der Waals surface area contributed by atoms with E-state index in [4.69, 9.17) is 5.73 Å². The molecule has 3 aliphatic carbocycles. The van der Waals surface area contributed by atoms with Gasteiger partial charge in [0.25, 0.3) is 0 Å². The molecule has 4 unspecified atom stereocenters. The van der Waals surface area contributed by atoms with E-state index in [1.165, 1.54) is 56.2 Å². The summed E-state index contributed by atoms with van der Waals surface area (Å²) in [5.74, 6) is 0.495. The van der Waals surface area contributed by atoms with Gasteiger partial charge in [-0.05, 0) is 61.9 Å². The van der Waals surface area contributed by atoms with Crippen LogP contribution in [0.15, 0.2) is 18.2 Å². The fourth-order valence-corrected chi connectivity index (χ4v) is 6.89. The van der Waals surface area contributed by atoms with Crippen LogP contribution in [0.25, 0.3) is 0 Å². The summed E-state index contributed by atoms with van der Waals surface area (Å²) in [7, 11) is 2.30. The summed E-state index contributed by atoms with van der Waals surface area (Å²) < 4.78 is 0. The van der Waals surface area contributed by atoms with Crippen molar-refractivity contribution >= 4 is 5.91 Å². The standard InChI is InChI=1S/C19H24N2O/c1-21-11-18-9-13-6-5-12(17(20)22)8-15(13)19(10-18)7-3-2-4-14(19)16(18)21/h5-6,8,14,16H,2-4,7,9-11H2,1H3,(H2,20,22). The van der Waals surface area contributed by atoms with E-state index in [0.717, 1.165) is 12.0 Å². The van der Waals surface area contributed by atoms with Crippen molar-refractivity contribution in [2.75, 3.05) is 13.6 Å². The number of nitrogens with two attached hydrogens (primary N) is 1. The molecular weight excluding hydrogens is 272 g/mol. The lowest BCUT2D eigenvalue weighted by Gasteiger charge is -2.55. The molecule has 4 atom stereocenters. The summed E-state index contributed by atoms with van der Waals surface area (Å²) in [5, 5.41) is 0. The third kappa shape index (κ3) is 1.35. The van der Waals surface area contributed by atoms with E-state index in [2.05, 4.69) is 24.1 Å². The molecule has 5 rings (SSSR count). The largest absolute Gasteiger partial charge is 0.366 e. The number of benzene rings is 1. The van der Waals surface area contributed by atoms with E-state index < -0.39 is 0 Å². The van der Waals surface area contributed by atoms with Crippen molar-refractivity contribution in [1.82, 2.24) is 4.90 Å². The Balaban J connectivity index is 1.72. The number of carbonyl (C=O) groups excluding carboxylic acids is 1. The Hall–Kier alpha value is -1.35. The molecule has 1 aromatic carbocycles. The number of primary amides is 1. The molecule has 3 fully saturated rings. The van der Waals surface area contributed by atoms with Crippen LogP contribution < -0.4 is 5.73 Å². The summed E-state index contributed by atoms with van der Waals surface area (Å²) in [5.41, 5.74) is 10.1. The van der Waals surface area contributed by atoms with Crippen molar-refractivity contribution < 1.29 is 4.79 Å². The van der Waals surface area contributed by atoms with Crippen molar-refractivity contribution in [3.8, 4) is 0 Å². The predicted octanol–water partition coefficient (Wildman–Crippen LogP) is 2.47. The molecule has 2 bridgehead atoms. The highest BCUT2D eigenvalue weighted by atomic mass is 16.1. The number of rotatable bonds is 1. The van der Waals surface area contributed by atoms with Gasteiger partial charge in [-0.25, -0.2) is 0 Å². The molecule has 22 heavy (non-hydrogen) atoms. The second-order valence-electron chi connectivity index (χ2n) is 8.32. The second-order valence-corrected chi connectivity index (χ2v) is 8.32. The summed E-state index contributed by atoms with van der Waals surface area (Å²) in [6, 6.07) is 7.05. The Labute approximate surface area is 131 Å². The van der Waals surface area contributed by atoms with Crippen LogP contribution in [0.2, 0.25) is 0 Å². The molecule has 2 spiro atoms. The van der Waals surface area contributed by atoms with Crippen LogP contribution >= 0.6 is 0 Å². The van der Waals surface area contributed by atoms with E-state index in [-0.39, 0.29) is 5.91 Å². The normalized spacial score (nSPS) is 42.0. The number of likely N-dealkylation sites (tertiary alicyclic amines) is 1. The third-order valence-electron chi connectivity index (χ3n) is 7.29. The Morgan fingerprint density at radius 2 is 2.23 bits per heavy atom. The molecule has 2 N–H and O–H groups in total. The van der Waals surface area contributed by atoms with E-state index in [1.54, 1.807) is 0 Å². The molecule has 1 aromatic rings. The number of hydrogen-bond donors (Lipinski definition) is 1. The van der Waals surface area contributed by atoms with E-state index in [1.807, 2.05) is 6.07 Å². The topological polar surface area (TPSA) is 46.3 Å². The van der Waals surface area contributed by atoms with Crippen LogP contribution in [-0.2, 0) is 11.8 Å². The minimum Gasteiger partial charge on any atom is -0.366 e. The minimum absolute atomic E-state index is 0.287. The predicted molar refractivity (Wildman–Crippen MR) is 85.8 cm³/mol. The van der Waals surface area contributed by atoms with Crippen molar-refractivity contribution in [1.29, 1.82) is 0 Å². The van der Waals surface area contributed by atoms with Gasteiger partial charge in [-0.2, -0.15) is 0 Å². The number of amides is 1. The van der Waals surface area contributed by atoms with Gasteiger partial charge in [-0.1, -0.05) is 18.9 Å². The molecule has 1 amide bonds. The van der Waals surface area contributed by atoms with Crippen molar-refractivity contribution in [3.63, 3.8) is 0 Å². The summed E-state index contributed by atoms with van der Waals surface area (Å²) in [4.78, 5) is 14.3. The molecule has 1 saturated heterocycles. The van der Waals surface area contributed by atoms with Gasteiger partial charge >= 0.3 is 0 Å². The fraction of sp³-hybridized carbons (Fsp3) is 0.632. The Bertz CT molecular complexity index is 684. The molecule has 2 saturated carbocycles. The second kappa shape index (κ2) is 3.94. The molecule has 3 heteroatoms. The molecule has 1 aliphatic heterocycles. The first kappa shape index (κ1) is 13.1. The number of fused-ring (bicyclic) bond motifs is 2. The van der Waals surface area contributed by atoms with Gasteiger partial charge in [0.1, 0.15) is 0 Å². The van der Waals surface area contributed by atoms with Crippen LogP contribution in [0, 0.1) is 11.3 Å². The van der Waals surface area contributed by atoms with Gasteiger partial charge < -0.3 is 10.6 Å². The molecule has 4 aliphatic rings. The zero-order chi connectivity index (χ0) is 15.1. The molecule has 116 valence electrons. The first-order chi connectivity index (χ1) is 10.6. The Morgan fingerprint density at radius 1 is 1.36 bits per heavy atom. The van der Waals surface area contributed by atoms with Crippen molar-refractivity contribution in [3.05, 3.63) is 34.9 Å². The fourth-order valence-electron chi connectivity index (χ4n) is 6.89. The lowest BCUT2D eigenvalue weighted by molar-refractivity contribution is -0.0519. The van der Waals surface area contributed by atoms with Gasteiger partial charge in [0.05, 0.1) is 0 Å². The molecule has 1 heterocycles. The quantitative estimate of drug-likeness (QED) is 0.865. The maximum absolute atomic E-state index is 11.7. The van der Waals surface area contributed by atoms with Crippen LogP contribution in [-0.4, -0.2) is 30.4 Å². The zero-order valence-corrected chi connectivity index (χ0v) is 13.3. The maximum atomic E-state index is 11.7. The lowest BCUT2D eigenvalue weighted by Crippen LogP contribution is -2.62. The van der Waals surface area contributed by atoms with Crippen molar-refractivity contribution in [2.45, 2.75) is 50.0 Å². The van der Waals surface area contributed by atoms with Crippen LogP contribution in [0.3, 0.4) is 0 Å². The van der Waals surface area contributed by atoms with Crippen LogP contribution in [0.5, 0.6) is 0 Å². The lowest BCUT2D eigenvalue weighted by atomic mass is 9.59. The smallest absolute Gasteiger partial charge is 0.248 e. The van der Waals surface area contributed by atoms with E-state index in [0.29, 0.717) is 16.4 Å². The number of carbonyl (C=O) groups is 1. The average molecular weight is 296 g/mol. The Kier molecular flexibility index (Phi) is 2.35. The first-order valence-corrected chi connectivity index (χ1v) is 8.69. The van der Waals surface area contributed by atoms with Crippen molar-refractivity contribution in [2.24, 2.45) is 17.1 Å². The van der Waals surface area contributed by atoms with E-state index >= 15 is 0 Å². The monoisotopic (exact) mass is 296 g/mol. The highest BCUT2D eigenvalue weighted by Gasteiger charge is 2.69. The van der Waals surface area contributed by atoms with Gasteiger partial charge in [0.15, 0.2) is 0 Å². The average Bonchev–Trinajstić information content (AvgIpc) is 2.67. The molecule has 0 radical (unpaired) electrons. The number of hydrogen-bond acceptors (Lipinski definition) is 2. The first-order valence-electron chi connectivity index (χ1n) is 8.69. The maximum Gasteiger partial charge on any atom is 0.248 e. The zero-order valence-electron chi connectivity index (χ0n) is 13.3. The van der Waals surface area contributed by atoms with Gasteiger partial charge in [-0.3, -0.25) is 4.79 Å². The third-order valence-corrected chi connectivity index (χ3v) is 7.29. The molecule has 0 aromatic heterocycles. The SMILES string of the molecule is CN1CC23Cc4ccc(C(N)=O)cc4C4(CCCCC4C12)C3. The molecule has 3 nitrogen and oxygen atoms in total. The summed E-state index contributed by atoms with van der Waals surface area (Å²) in [6.07, 6.45) is 7.92. The molecular formula is C19H24N2O. The summed E-state index contributed by atoms with van der Waals surface area (Å²) in [6.45, 7) is 1.26. The van der Waals surface area contributed by atoms with Crippen LogP contribution in [0.4, 0.5) is 0 Å².